The van der Waals surface area contributed by atoms with Crippen molar-refractivity contribution < 1.29 is 4.39 Å². The van der Waals surface area contributed by atoms with E-state index in [-0.39, 0.29) is 11.7 Å². The van der Waals surface area contributed by atoms with Gasteiger partial charge in [-0.25, -0.2) is 4.39 Å². The van der Waals surface area contributed by atoms with Crippen molar-refractivity contribution in [3.05, 3.63) is 36.2 Å². The fourth-order valence-corrected chi connectivity index (χ4v) is 1.54. The Hall–Kier alpha value is -1.91. The second kappa shape index (κ2) is 3.92. The van der Waals surface area contributed by atoms with Gasteiger partial charge in [-0.2, -0.15) is 0 Å². The van der Waals surface area contributed by atoms with E-state index < -0.39 is 0 Å². The van der Waals surface area contributed by atoms with E-state index in [4.69, 9.17) is 5.73 Å². The van der Waals surface area contributed by atoms with Crippen molar-refractivity contribution in [1.29, 1.82) is 0 Å². The molecule has 84 valence electrons. The molecule has 0 fully saturated rings. The summed E-state index contributed by atoms with van der Waals surface area (Å²) in [6.45, 7) is 3.95. The van der Waals surface area contributed by atoms with Crippen LogP contribution >= 0.6 is 0 Å². The van der Waals surface area contributed by atoms with Crippen LogP contribution in [0.3, 0.4) is 0 Å². The Balaban J connectivity index is 2.58. The first-order chi connectivity index (χ1) is 7.59. The monoisotopic (exact) mass is 220 g/mol. The van der Waals surface area contributed by atoms with Crippen LogP contribution in [0, 0.1) is 5.82 Å². The van der Waals surface area contributed by atoms with E-state index in [1.807, 2.05) is 13.8 Å². The van der Waals surface area contributed by atoms with Crippen LogP contribution in [0.4, 0.5) is 10.1 Å². The summed E-state index contributed by atoms with van der Waals surface area (Å²) in [4.78, 5) is 0. The molecule has 0 bridgehead atoms. The average molecular weight is 220 g/mol. The Morgan fingerprint density at radius 2 is 2.12 bits per heavy atom. The summed E-state index contributed by atoms with van der Waals surface area (Å²) in [6.07, 6.45) is 1.49. The van der Waals surface area contributed by atoms with Gasteiger partial charge >= 0.3 is 0 Å². The van der Waals surface area contributed by atoms with Crippen LogP contribution in [0.15, 0.2) is 24.5 Å². The second-order valence-electron chi connectivity index (χ2n) is 3.92. The first-order valence-electron chi connectivity index (χ1n) is 5.05. The zero-order valence-corrected chi connectivity index (χ0v) is 9.18. The lowest BCUT2D eigenvalue weighted by atomic mass is 10.2. The van der Waals surface area contributed by atoms with E-state index in [1.54, 1.807) is 10.6 Å². The molecule has 0 radical (unpaired) electrons. The van der Waals surface area contributed by atoms with Crippen LogP contribution < -0.4 is 5.73 Å². The highest BCUT2D eigenvalue weighted by Gasteiger charge is 2.13. The topological polar surface area (TPSA) is 56.7 Å². The van der Waals surface area contributed by atoms with Gasteiger partial charge in [0.2, 0.25) is 0 Å². The van der Waals surface area contributed by atoms with Crippen molar-refractivity contribution in [3.8, 4) is 5.69 Å². The number of hydrogen-bond acceptors (Lipinski definition) is 3. The number of anilines is 1. The summed E-state index contributed by atoms with van der Waals surface area (Å²) < 4.78 is 15.3. The average Bonchev–Trinajstić information content (AvgIpc) is 2.70. The lowest BCUT2D eigenvalue weighted by Crippen LogP contribution is -2.05. The zero-order chi connectivity index (χ0) is 11.7. The number of aromatic nitrogens is 3. The van der Waals surface area contributed by atoms with E-state index >= 15 is 0 Å². The maximum atomic E-state index is 13.6. The largest absolute Gasteiger partial charge is 0.399 e. The van der Waals surface area contributed by atoms with Gasteiger partial charge in [-0.1, -0.05) is 13.8 Å². The van der Waals surface area contributed by atoms with Crippen LogP contribution in [0.25, 0.3) is 5.69 Å². The van der Waals surface area contributed by atoms with E-state index in [2.05, 4.69) is 10.2 Å². The van der Waals surface area contributed by atoms with Gasteiger partial charge in [-0.3, -0.25) is 4.57 Å². The Labute approximate surface area is 92.9 Å². The number of nitrogen functional groups attached to an aromatic ring is 1. The van der Waals surface area contributed by atoms with E-state index in [0.29, 0.717) is 17.2 Å². The summed E-state index contributed by atoms with van der Waals surface area (Å²) in [7, 11) is 0. The smallest absolute Gasteiger partial charge is 0.147 e. The predicted octanol–water partition coefficient (Wildman–Crippen LogP) is 2.11. The SMILES string of the molecule is CC(C)c1nncn1-c1cc(N)ccc1F. The first-order valence-corrected chi connectivity index (χ1v) is 5.05. The molecule has 2 rings (SSSR count). The molecule has 2 aromatic rings. The first kappa shape index (κ1) is 10.6. The van der Waals surface area contributed by atoms with Crippen molar-refractivity contribution in [2.24, 2.45) is 0 Å². The van der Waals surface area contributed by atoms with E-state index in [1.165, 1.54) is 18.5 Å². The molecule has 1 aromatic carbocycles. The van der Waals surface area contributed by atoms with Crippen molar-refractivity contribution in [2.45, 2.75) is 19.8 Å². The summed E-state index contributed by atoms with van der Waals surface area (Å²) in [5.41, 5.74) is 6.54. The molecule has 0 aliphatic carbocycles. The minimum Gasteiger partial charge on any atom is -0.399 e. The van der Waals surface area contributed by atoms with Gasteiger partial charge in [0.1, 0.15) is 18.0 Å². The van der Waals surface area contributed by atoms with Gasteiger partial charge in [-0.05, 0) is 18.2 Å². The van der Waals surface area contributed by atoms with Crippen molar-refractivity contribution in [2.75, 3.05) is 5.73 Å². The third kappa shape index (κ3) is 1.76. The van der Waals surface area contributed by atoms with Gasteiger partial charge in [0.15, 0.2) is 0 Å². The third-order valence-electron chi connectivity index (χ3n) is 2.32. The number of benzene rings is 1. The van der Waals surface area contributed by atoms with Crippen LogP contribution in [0.5, 0.6) is 0 Å². The zero-order valence-electron chi connectivity index (χ0n) is 9.18. The lowest BCUT2D eigenvalue weighted by molar-refractivity contribution is 0.612. The number of nitrogens with two attached hydrogens (primary N) is 1. The van der Waals surface area contributed by atoms with Crippen molar-refractivity contribution in [3.63, 3.8) is 0 Å². The normalized spacial score (nSPS) is 11.0. The Bertz CT molecular complexity index is 504. The predicted molar refractivity (Wildman–Crippen MR) is 59.8 cm³/mol. The molecule has 0 saturated heterocycles. The van der Waals surface area contributed by atoms with Crippen molar-refractivity contribution in [1.82, 2.24) is 14.8 Å². The van der Waals surface area contributed by atoms with Crippen LogP contribution in [0.1, 0.15) is 25.6 Å². The highest BCUT2D eigenvalue weighted by atomic mass is 19.1. The highest BCUT2D eigenvalue weighted by Crippen LogP contribution is 2.21. The molecule has 0 aliphatic rings. The molecule has 1 aromatic heterocycles. The minimum absolute atomic E-state index is 0.170. The third-order valence-corrected chi connectivity index (χ3v) is 2.32. The van der Waals surface area contributed by atoms with E-state index in [0.717, 1.165) is 0 Å². The summed E-state index contributed by atoms with van der Waals surface area (Å²) in [6, 6.07) is 4.44. The Morgan fingerprint density at radius 3 is 2.81 bits per heavy atom. The summed E-state index contributed by atoms with van der Waals surface area (Å²) in [5, 5.41) is 7.76. The maximum Gasteiger partial charge on any atom is 0.147 e. The quantitative estimate of drug-likeness (QED) is 0.788. The minimum atomic E-state index is -0.337. The molecule has 0 atom stereocenters. The molecule has 0 amide bonds. The number of rotatable bonds is 2. The number of nitrogens with zero attached hydrogens (tertiary/aromatic N) is 3. The van der Waals surface area contributed by atoms with Gasteiger partial charge in [0.25, 0.3) is 0 Å². The molecule has 2 N–H and O–H groups in total. The molecule has 16 heavy (non-hydrogen) atoms. The molecular formula is C11H13FN4. The molecule has 0 spiro atoms. The molecule has 1 heterocycles. The van der Waals surface area contributed by atoms with Gasteiger partial charge in [0.05, 0.1) is 5.69 Å². The summed E-state index contributed by atoms with van der Waals surface area (Å²) >= 11 is 0. The van der Waals surface area contributed by atoms with Crippen LogP contribution in [-0.2, 0) is 0 Å². The molecule has 0 unspecified atom stereocenters. The fraction of sp³-hybridized carbons (Fsp3) is 0.273. The molecule has 4 nitrogen and oxygen atoms in total. The molecule has 0 aliphatic heterocycles. The van der Waals surface area contributed by atoms with Gasteiger partial charge < -0.3 is 5.73 Å². The van der Waals surface area contributed by atoms with Crippen LogP contribution in [0.2, 0.25) is 0 Å². The lowest BCUT2D eigenvalue weighted by Gasteiger charge is -2.10. The van der Waals surface area contributed by atoms with Gasteiger partial charge in [0, 0.05) is 11.6 Å². The highest BCUT2D eigenvalue weighted by molar-refractivity contribution is 5.48. The standard InChI is InChI=1S/C11H13FN4/c1-7(2)11-15-14-6-16(11)10-5-8(13)3-4-9(10)12/h3-7H,13H2,1-2H3. The Kier molecular flexibility index (Phi) is 2.60. The van der Waals surface area contributed by atoms with Gasteiger partial charge in [-0.15, -0.1) is 10.2 Å². The Morgan fingerprint density at radius 1 is 1.38 bits per heavy atom. The second-order valence-corrected chi connectivity index (χ2v) is 3.92. The molecule has 0 saturated carbocycles. The maximum absolute atomic E-state index is 13.6. The fourth-order valence-electron chi connectivity index (χ4n) is 1.54. The van der Waals surface area contributed by atoms with E-state index in [9.17, 15) is 4.39 Å². The number of halogens is 1. The van der Waals surface area contributed by atoms with Crippen LogP contribution in [-0.4, -0.2) is 14.8 Å². The number of hydrogen-bond donors (Lipinski definition) is 1. The van der Waals surface area contributed by atoms with Crippen molar-refractivity contribution >= 4 is 5.69 Å². The molecule has 5 heteroatoms. The molecular weight excluding hydrogens is 207 g/mol. The summed E-state index contributed by atoms with van der Waals surface area (Å²) in [5.74, 6) is 0.545.